The van der Waals surface area contributed by atoms with Crippen molar-refractivity contribution in [3.8, 4) is 0 Å². The van der Waals surface area contributed by atoms with E-state index < -0.39 is 7.59 Å². The first kappa shape index (κ1) is 17.7. The summed E-state index contributed by atoms with van der Waals surface area (Å²) in [6.45, 7) is 0. The number of hydrogen-bond donors (Lipinski definition) is 0. The Morgan fingerprint density at radius 3 is 0.938 bits per heavy atom. The van der Waals surface area contributed by atoms with E-state index in [1.54, 1.807) is 0 Å². The molecule has 0 N–H and O–H groups in total. The van der Waals surface area contributed by atoms with Gasteiger partial charge in [0.2, 0.25) is 0 Å². The molecule has 0 saturated heterocycles. The topological polar surface area (TPSA) is 0 Å². The minimum atomic E-state index is -1.10. The van der Waals surface area contributed by atoms with Gasteiger partial charge in [0, 0.05) is 0 Å². The lowest BCUT2D eigenvalue weighted by molar-refractivity contribution is 0.572. The average Bonchev–Trinajstić information content (AvgIpc) is 2.06. The summed E-state index contributed by atoms with van der Waals surface area (Å²) >= 11 is 33.8. The lowest BCUT2D eigenvalue weighted by atomic mass is 10.1. The van der Waals surface area contributed by atoms with Crippen LogP contribution in [0.5, 0.6) is 0 Å². The zero-order chi connectivity index (χ0) is 12.7. The highest BCUT2D eigenvalue weighted by molar-refractivity contribution is 6.67. The summed E-state index contributed by atoms with van der Waals surface area (Å²) in [5.74, 6) is 0. The van der Waals surface area contributed by atoms with Crippen LogP contribution in [0, 0.1) is 0 Å². The van der Waals surface area contributed by atoms with Gasteiger partial charge in [-0.3, -0.25) is 0 Å². The van der Waals surface area contributed by atoms with Crippen molar-refractivity contribution in [3.05, 3.63) is 0 Å². The van der Waals surface area contributed by atoms with Gasteiger partial charge in [-0.1, -0.05) is 95.3 Å². The molecular formula is C10H16Cl6. The molecule has 0 aliphatic carbocycles. The normalized spacial score (nSPS) is 13.1. The Kier molecular flexibility index (Phi) is 9.73. The third kappa shape index (κ3) is 15.7. The number of unbranched alkanes of at least 4 members (excludes halogenated alkanes) is 5. The van der Waals surface area contributed by atoms with E-state index in [0.717, 1.165) is 38.5 Å². The minimum absolute atomic E-state index is 0.617. The zero-order valence-corrected chi connectivity index (χ0v) is 13.5. The van der Waals surface area contributed by atoms with Gasteiger partial charge in [-0.25, -0.2) is 0 Å². The lowest BCUT2D eigenvalue weighted by Crippen LogP contribution is -2.01. The summed E-state index contributed by atoms with van der Waals surface area (Å²) in [5.41, 5.74) is 0. The summed E-state index contributed by atoms with van der Waals surface area (Å²) in [4.78, 5) is 0. The Labute approximate surface area is 128 Å². The third-order valence-corrected chi connectivity index (χ3v) is 3.30. The fourth-order valence-electron chi connectivity index (χ4n) is 1.36. The van der Waals surface area contributed by atoms with Crippen molar-refractivity contribution in [2.24, 2.45) is 0 Å². The Morgan fingerprint density at radius 2 is 0.688 bits per heavy atom. The predicted molar refractivity (Wildman–Crippen MR) is 77.5 cm³/mol. The number of rotatable bonds is 7. The van der Waals surface area contributed by atoms with Gasteiger partial charge in [-0.15, -0.1) is 0 Å². The van der Waals surface area contributed by atoms with Crippen molar-refractivity contribution >= 4 is 69.6 Å². The van der Waals surface area contributed by atoms with Gasteiger partial charge >= 0.3 is 0 Å². The highest BCUT2D eigenvalue weighted by atomic mass is 35.6. The molecule has 0 nitrogen and oxygen atoms in total. The third-order valence-electron chi connectivity index (χ3n) is 2.17. The Balaban J connectivity index is 3.17. The van der Waals surface area contributed by atoms with Gasteiger partial charge in [-0.05, 0) is 25.7 Å². The molecule has 0 radical (unpaired) electrons. The second kappa shape index (κ2) is 8.77. The smallest absolute Gasteiger partial charge is 0.0837 e. The summed E-state index contributed by atoms with van der Waals surface area (Å²) in [6, 6.07) is 0. The molecule has 0 heterocycles. The number of alkyl halides is 6. The van der Waals surface area contributed by atoms with E-state index in [4.69, 9.17) is 69.6 Å². The molecule has 0 aromatic rings. The zero-order valence-electron chi connectivity index (χ0n) is 8.92. The minimum Gasteiger partial charge on any atom is -0.0837 e. The molecule has 0 amide bonds. The first-order valence-electron chi connectivity index (χ1n) is 5.34. The highest BCUT2D eigenvalue weighted by Crippen LogP contribution is 2.33. The maximum absolute atomic E-state index is 5.63. The Hall–Kier alpha value is 1.74. The highest BCUT2D eigenvalue weighted by Gasteiger charge is 2.19. The molecule has 0 bridgehead atoms. The quantitative estimate of drug-likeness (QED) is 0.348. The molecule has 0 unspecified atom stereocenters. The molecule has 16 heavy (non-hydrogen) atoms. The van der Waals surface area contributed by atoms with Gasteiger partial charge in [0.25, 0.3) is 0 Å². The van der Waals surface area contributed by atoms with E-state index in [-0.39, 0.29) is 0 Å². The van der Waals surface area contributed by atoms with Crippen LogP contribution < -0.4 is 0 Å². The van der Waals surface area contributed by atoms with E-state index in [9.17, 15) is 0 Å². The molecule has 0 fully saturated rings. The maximum atomic E-state index is 5.63. The summed E-state index contributed by atoms with van der Waals surface area (Å²) < 4.78 is -2.20. The van der Waals surface area contributed by atoms with Crippen LogP contribution in [0.25, 0.3) is 0 Å². The summed E-state index contributed by atoms with van der Waals surface area (Å²) in [6.07, 6.45) is 7.57. The van der Waals surface area contributed by atoms with E-state index in [2.05, 4.69) is 0 Å². The van der Waals surface area contributed by atoms with E-state index in [1.165, 1.54) is 0 Å². The first-order valence-corrected chi connectivity index (χ1v) is 7.61. The second-order valence-corrected chi connectivity index (χ2v) is 8.88. The molecular weight excluding hydrogens is 333 g/mol. The van der Waals surface area contributed by atoms with Crippen molar-refractivity contribution in [1.29, 1.82) is 0 Å². The van der Waals surface area contributed by atoms with Crippen molar-refractivity contribution < 1.29 is 0 Å². The van der Waals surface area contributed by atoms with Gasteiger partial charge in [0.15, 0.2) is 7.59 Å². The Morgan fingerprint density at radius 1 is 0.438 bits per heavy atom. The standard InChI is InChI=1S/C10H16Cl6/c11-9(12,13)7-5-3-1-2-4-6-8-10(14,15)16/h1-8H2. The fourth-order valence-corrected chi connectivity index (χ4v) is 2.16. The number of halogens is 6. The predicted octanol–water partition coefficient (Wildman–Crippen LogP) is 6.85. The van der Waals surface area contributed by atoms with Gasteiger partial charge in [0.1, 0.15) is 0 Å². The summed E-state index contributed by atoms with van der Waals surface area (Å²) in [7, 11) is 0. The second-order valence-electron chi connectivity index (χ2n) is 3.85. The van der Waals surface area contributed by atoms with Crippen LogP contribution in [0.3, 0.4) is 0 Å². The van der Waals surface area contributed by atoms with Gasteiger partial charge < -0.3 is 0 Å². The molecule has 0 atom stereocenters. The molecule has 0 aliphatic heterocycles. The van der Waals surface area contributed by atoms with Crippen LogP contribution in [0.1, 0.15) is 51.4 Å². The van der Waals surface area contributed by atoms with Crippen molar-refractivity contribution in [2.75, 3.05) is 0 Å². The monoisotopic (exact) mass is 346 g/mol. The van der Waals surface area contributed by atoms with Crippen LogP contribution in [-0.4, -0.2) is 7.59 Å². The molecule has 0 saturated carbocycles. The van der Waals surface area contributed by atoms with E-state index >= 15 is 0 Å². The maximum Gasteiger partial charge on any atom is 0.190 e. The van der Waals surface area contributed by atoms with Crippen LogP contribution in [-0.2, 0) is 0 Å². The van der Waals surface area contributed by atoms with Crippen LogP contribution in [0.4, 0.5) is 0 Å². The van der Waals surface area contributed by atoms with Gasteiger partial charge in [-0.2, -0.15) is 0 Å². The Bertz CT molecular complexity index is 149. The fraction of sp³-hybridized carbons (Fsp3) is 1.00. The van der Waals surface area contributed by atoms with Crippen molar-refractivity contribution in [2.45, 2.75) is 59.0 Å². The molecule has 0 aliphatic rings. The first-order chi connectivity index (χ1) is 7.21. The molecule has 0 spiro atoms. The van der Waals surface area contributed by atoms with Crippen LogP contribution in [0.15, 0.2) is 0 Å². The van der Waals surface area contributed by atoms with Crippen molar-refractivity contribution in [1.82, 2.24) is 0 Å². The van der Waals surface area contributed by atoms with E-state index in [1.807, 2.05) is 0 Å². The molecule has 98 valence electrons. The molecule has 6 heteroatoms. The molecule has 0 aromatic heterocycles. The SMILES string of the molecule is ClC(Cl)(Cl)CCCCCCCCC(Cl)(Cl)Cl. The molecule has 0 aromatic carbocycles. The van der Waals surface area contributed by atoms with E-state index in [0.29, 0.717) is 12.8 Å². The lowest BCUT2D eigenvalue weighted by Gasteiger charge is -2.10. The number of hydrogen-bond acceptors (Lipinski definition) is 0. The summed E-state index contributed by atoms with van der Waals surface area (Å²) in [5, 5.41) is 0. The van der Waals surface area contributed by atoms with Crippen LogP contribution in [0.2, 0.25) is 0 Å². The average molecular weight is 349 g/mol. The van der Waals surface area contributed by atoms with Crippen molar-refractivity contribution in [3.63, 3.8) is 0 Å². The van der Waals surface area contributed by atoms with Gasteiger partial charge in [0.05, 0.1) is 0 Å². The molecule has 0 rings (SSSR count). The van der Waals surface area contributed by atoms with Crippen LogP contribution >= 0.6 is 69.6 Å². The largest absolute Gasteiger partial charge is 0.190 e.